The van der Waals surface area contributed by atoms with Gasteiger partial charge in [-0.15, -0.1) is 0 Å². The lowest BCUT2D eigenvalue weighted by Crippen LogP contribution is -2.05. The van der Waals surface area contributed by atoms with Gasteiger partial charge in [-0.3, -0.25) is 0 Å². The highest BCUT2D eigenvalue weighted by molar-refractivity contribution is 5.98. The molecule has 0 unspecified atom stereocenters. The van der Waals surface area contributed by atoms with Crippen molar-refractivity contribution in [3.63, 3.8) is 0 Å². The predicted molar refractivity (Wildman–Crippen MR) is 120 cm³/mol. The Morgan fingerprint density at radius 3 is 1.54 bits per heavy atom. The maximum atomic E-state index is 2.36. The molecule has 0 aliphatic rings. The van der Waals surface area contributed by atoms with Crippen molar-refractivity contribution in [3.8, 4) is 0 Å². The maximum Gasteiger partial charge on any atom is 0.0130 e. The van der Waals surface area contributed by atoms with E-state index in [4.69, 9.17) is 0 Å². The fraction of sp³-hybridized carbons (Fsp3) is 0.0714. The Bertz CT molecular complexity index is 1180. The lowest BCUT2D eigenvalue weighted by molar-refractivity contribution is 0.806. The SMILES string of the molecule is c1ccc(C(Cc2ccc3cc4ccccc4cc3c2)c2ccccc2)cc1. The van der Waals surface area contributed by atoms with Crippen molar-refractivity contribution in [2.45, 2.75) is 12.3 Å². The van der Waals surface area contributed by atoms with Gasteiger partial charge in [-0.05, 0) is 56.8 Å². The third-order valence-electron chi connectivity index (χ3n) is 5.61. The van der Waals surface area contributed by atoms with E-state index in [1.807, 2.05) is 0 Å². The molecule has 0 spiro atoms. The van der Waals surface area contributed by atoms with Crippen molar-refractivity contribution >= 4 is 21.5 Å². The van der Waals surface area contributed by atoms with E-state index in [-0.39, 0.29) is 0 Å². The van der Waals surface area contributed by atoms with Crippen LogP contribution in [-0.4, -0.2) is 0 Å². The number of fused-ring (bicyclic) bond motifs is 2. The van der Waals surface area contributed by atoms with Gasteiger partial charge in [-0.1, -0.05) is 103 Å². The van der Waals surface area contributed by atoms with Crippen LogP contribution in [0.25, 0.3) is 21.5 Å². The van der Waals surface area contributed by atoms with E-state index in [0.717, 1.165) is 6.42 Å². The van der Waals surface area contributed by atoms with Crippen molar-refractivity contribution in [1.82, 2.24) is 0 Å². The molecule has 0 saturated carbocycles. The summed E-state index contributed by atoms with van der Waals surface area (Å²) >= 11 is 0. The third kappa shape index (κ3) is 3.30. The molecule has 5 aromatic carbocycles. The minimum Gasteiger partial charge on any atom is -0.0622 e. The molecule has 0 N–H and O–H groups in total. The summed E-state index contributed by atoms with van der Waals surface area (Å²) in [6, 6.07) is 41.8. The molecule has 0 heterocycles. The van der Waals surface area contributed by atoms with E-state index in [1.54, 1.807) is 0 Å². The van der Waals surface area contributed by atoms with Gasteiger partial charge < -0.3 is 0 Å². The lowest BCUT2D eigenvalue weighted by atomic mass is 9.85. The fourth-order valence-electron chi connectivity index (χ4n) is 4.15. The highest BCUT2D eigenvalue weighted by atomic mass is 14.2. The summed E-state index contributed by atoms with van der Waals surface area (Å²) < 4.78 is 0. The van der Waals surface area contributed by atoms with Crippen molar-refractivity contribution in [3.05, 3.63) is 132 Å². The molecular formula is C28H22. The molecule has 0 fully saturated rings. The Morgan fingerprint density at radius 1 is 0.429 bits per heavy atom. The molecule has 0 aliphatic heterocycles. The van der Waals surface area contributed by atoms with E-state index < -0.39 is 0 Å². The van der Waals surface area contributed by atoms with Crippen LogP contribution in [0.3, 0.4) is 0 Å². The number of rotatable bonds is 4. The first kappa shape index (κ1) is 16.8. The van der Waals surface area contributed by atoms with Gasteiger partial charge in [0.1, 0.15) is 0 Å². The van der Waals surface area contributed by atoms with Crippen LogP contribution in [0.4, 0.5) is 0 Å². The van der Waals surface area contributed by atoms with Crippen LogP contribution in [-0.2, 0) is 6.42 Å². The number of benzene rings is 5. The van der Waals surface area contributed by atoms with Crippen molar-refractivity contribution in [1.29, 1.82) is 0 Å². The minimum atomic E-state index is 0.361. The highest BCUT2D eigenvalue weighted by Gasteiger charge is 2.15. The van der Waals surface area contributed by atoms with Crippen LogP contribution in [0.5, 0.6) is 0 Å². The zero-order valence-electron chi connectivity index (χ0n) is 15.8. The second-order valence-electron chi connectivity index (χ2n) is 7.46. The van der Waals surface area contributed by atoms with Gasteiger partial charge in [0.2, 0.25) is 0 Å². The Balaban J connectivity index is 1.56. The normalized spacial score (nSPS) is 11.3. The molecule has 0 atom stereocenters. The maximum absolute atomic E-state index is 2.36. The van der Waals surface area contributed by atoms with Gasteiger partial charge >= 0.3 is 0 Å². The molecule has 0 saturated heterocycles. The monoisotopic (exact) mass is 358 g/mol. The summed E-state index contributed by atoms with van der Waals surface area (Å²) in [5, 5.41) is 5.22. The molecule has 134 valence electrons. The molecule has 0 amide bonds. The van der Waals surface area contributed by atoms with E-state index in [1.165, 1.54) is 38.2 Å². The Hall–Kier alpha value is -3.38. The first-order valence-corrected chi connectivity index (χ1v) is 9.88. The molecular weight excluding hydrogens is 336 g/mol. The zero-order chi connectivity index (χ0) is 18.8. The van der Waals surface area contributed by atoms with Crippen LogP contribution in [0, 0.1) is 0 Å². The number of hydrogen-bond donors (Lipinski definition) is 0. The molecule has 5 rings (SSSR count). The first-order valence-electron chi connectivity index (χ1n) is 9.88. The Kier molecular flexibility index (Phi) is 4.39. The molecule has 0 heteroatoms. The van der Waals surface area contributed by atoms with Gasteiger partial charge in [0, 0.05) is 5.92 Å². The fourth-order valence-corrected chi connectivity index (χ4v) is 4.15. The van der Waals surface area contributed by atoms with Crippen molar-refractivity contribution < 1.29 is 0 Å². The van der Waals surface area contributed by atoms with E-state index in [2.05, 4.69) is 115 Å². The van der Waals surface area contributed by atoms with Gasteiger partial charge in [0.15, 0.2) is 0 Å². The molecule has 5 aromatic rings. The van der Waals surface area contributed by atoms with E-state index in [0.29, 0.717) is 5.92 Å². The van der Waals surface area contributed by atoms with E-state index in [9.17, 15) is 0 Å². The summed E-state index contributed by atoms with van der Waals surface area (Å²) in [6.45, 7) is 0. The average Bonchev–Trinajstić information content (AvgIpc) is 2.77. The average molecular weight is 358 g/mol. The molecule has 0 aromatic heterocycles. The topological polar surface area (TPSA) is 0 Å². The van der Waals surface area contributed by atoms with E-state index >= 15 is 0 Å². The van der Waals surface area contributed by atoms with Gasteiger partial charge in [-0.25, -0.2) is 0 Å². The summed E-state index contributed by atoms with van der Waals surface area (Å²) in [7, 11) is 0. The van der Waals surface area contributed by atoms with Crippen LogP contribution in [0.15, 0.2) is 115 Å². The van der Waals surface area contributed by atoms with Gasteiger partial charge in [-0.2, -0.15) is 0 Å². The van der Waals surface area contributed by atoms with Crippen LogP contribution < -0.4 is 0 Å². The largest absolute Gasteiger partial charge is 0.0622 e. The first-order chi connectivity index (χ1) is 13.9. The number of hydrogen-bond acceptors (Lipinski definition) is 0. The van der Waals surface area contributed by atoms with Crippen molar-refractivity contribution in [2.24, 2.45) is 0 Å². The summed E-state index contributed by atoms with van der Waals surface area (Å²) in [5.74, 6) is 0.361. The minimum absolute atomic E-state index is 0.361. The summed E-state index contributed by atoms with van der Waals surface area (Å²) in [4.78, 5) is 0. The zero-order valence-corrected chi connectivity index (χ0v) is 15.8. The second kappa shape index (κ2) is 7.32. The second-order valence-corrected chi connectivity index (χ2v) is 7.46. The standard InChI is InChI=1S/C28H22/c1-3-9-22(10-4-1)28(23-11-5-2-6-12-23)18-21-15-16-26-19-24-13-7-8-14-25(24)20-27(26)17-21/h1-17,19-20,28H,18H2. The highest BCUT2D eigenvalue weighted by Crippen LogP contribution is 2.30. The van der Waals surface area contributed by atoms with Crippen LogP contribution in [0.1, 0.15) is 22.6 Å². The summed E-state index contributed by atoms with van der Waals surface area (Å²) in [5.41, 5.74) is 4.11. The van der Waals surface area contributed by atoms with Gasteiger partial charge in [0.25, 0.3) is 0 Å². The quantitative estimate of drug-likeness (QED) is 0.294. The Labute approximate surface area is 166 Å². The summed E-state index contributed by atoms with van der Waals surface area (Å²) in [6.07, 6.45) is 0.997. The molecule has 0 bridgehead atoms. The molecule has 0 nitrogen and oxygen atoms in total. The Morgan fingerprint density at radius 2 is 0.929 bits per heavy atom. The van der Waals surface area contributed by atoms with Crippen LogP contribution in [0.2, 0.25) is 0 Å². The molecule has 0 aliphatic carbocycles. The van der Waals surface area contributed by atoms with Crippen LogP contribution >= 0.6 is 0 Å². The molecule has 0 radical (unpaired) electrons. The van der Waals surface area contributed by atoms with Gasteiger partial charge in [0.05, 0.1) is 0 Å². The smallest absolute Gasteiger partial charge is 0.0130 e. The lowest BCUT2D eigenvalue weighted by Gasteiger charge is -2.19. The van der Waals surface area contributed by atoms with Crippen molar-refractivity contribution in [2.75, 3.05) is 0 Å². The third-order valence-corrected chi connectivity index (χ3v) is 5.61. The molecule has 28 heavy (non-hydrogen) atoms. The predicted octanol–water partition coefficient (Wildman–Crippen LogP) is 7.37.